The summed E-state index contributed by atoms with van der Waals surface area (Å²) in [5.41, 5.74) is 1.45. The minimum Gasteiger partial charge on any atom is -0.493 e. The molecular weight excluding hydrogens is 554 g/mol. The number of methoxy groups -OCH3 is 2. The highest BCUT2D eigenvalue weighted by Crippen LogP contribution is 2.34. The van der Waals surface area contributed by atoms with Crippen LogP contribution >= 0.6 is 15.9 Å². The van der Waals surface area contributed by atoms with Gasteiger partial charge in [0.05, 0.1) is 31.3 Å². The van der Waals surface area contributed by atoms with E-state index in [-0.39, 0.29) is 11.4 Å². The molecule has 3 aromatic carbocycles. The zero-order valence-electron chi connectivity index (χ0n) is 20.7. The van der Waals surface area contributed by atoms with E-state index in [1.165, 1.54) is 25.1 Å². The summed E-state index contributed by atoms with van der Waals surface area (Å²) in [6.45, 7) is 1.58. The molecule has 0 saturated carbocycles. The number of carbonyl (C=O) groups excluding carboxylic acids is 1. The molecule has 0 amide bonds. The van der Waals surface area contributed by atoms with Crippen LogP contribution in [0.2, 0.25) is 0 Å². The summed E-state index contributed by atoms with van der Waals surface area (Å²) in [7, 11) is 2.77. The standard InChI is InChI=1S/C28H22BrN3O6/c1-16(28(34)36-3)37-24-14-20(29)18(13-23(24)35-2)15-30-32-26(25-12-17-8-4-7-11-22(17)38-25)31-21-10-6-5-9-19(21)27(32)33/h4-16H,1-3H3/t16-/m1/s1. The smallest absolute Gasteiger partial charge is 0.346 e. The molecular formula is C28H22BrN3O6. The van der Waals surface area contributed by atoms with Crippen molar-refractivity contribution in [3.63, 3.8) is 0 Å². The molecule has 5 aromatic rings. The van der Waals surface area contributed by atoms with Crippen LogP contribution in [0.25, 0.3) is 33.5 Å². The lowest BCUT2D eigenvalue weighted by molar-refractivity contribution is -0.147. The van der Waals surface area contributed by atoms with Gasteiger partial charge in [-0.1, -0.05) is 30.3 Å². The van der Waals surface area contributed by atoms with Crippen molar-refractivity contribution in [1.29, 1.82) is 0 Å². The van der Waals surface area contributed by atoms with Gasteiger partial charge in [0, 0.05) is 15.4 Å². The quantitative estimate of drug-likeness (QED) is 0.189. The highest BCUT2D eigenvalue weighted by Gasteiger charge is 2.19. The van der Waals surface area contributed by atoms with Crippen molar-refractivity contribution in [1.82, 2.24) is 9.66 Å². The topological polar surface area (TPSA) is 105 Å². The number of nitrogens with zero attached hydrogens (tertiary/aromatic N) is 3. The third-order valence-corrected chi connectivity index (χ3v) is 6.52. The summed E-state index contributed by atoms with van der Waals surface area (Å²) in [4.78, 5) is 30.0. The number of hydrogen-bond donors (Lipinski definition) is 0. The Labute approximate surface area is 225 Å². The van der Waals surface area contributed by atoms with Crippen molar-refractivity contribution in [2.45, 2.75) is 13.0 Å². The van der Waals surface area contributed by atoms with Crippen LogP contribution in [0.4, 0.5) is 0 Å². The summed E-state index contributed by atoms with van der Waals surface area (Å²) in [6.07, 6.45) is 0.665. The van der Waals surface area contributed by atoms with Crippen molar-refractivity contribution in [2.75, 3.05) is 14.2 Å². The van der Waals surface area contributed by atoms with Gasteiger partial charge in [-0.25, -0.2) is 9.78 Å². The van der Waals surface area contributed by atoms with Crippen molar-refractivity contribution in [3.8, 4) is 23.1 Å². The van der Waals surface area contributed by atoms with E-state index in [1.54, 1.807) is 37.3 Å². The number of esters is 1. The molecule has 9 nitrogen and oxygen atoms in total. The van der Waals surface area contributed by atoms with Gasteiger partial charge >= 0.3 is 5.97 Å². The van der Waals surface area contributed by atoms with Crippen molar-refractivity contribution in [3.05, 3.63) is 87.1 Å². The number of ether oxygens (including phenoxy) is 3. The van der Waals surface area contributed by atoms with Crippen molar-refractivity contribution in [2.24, 2.45) is 5.10 Å². The van der Waals surface area contributed by atoms with E-state index >= 15 is 0 Å². The van der Waals surface area contributed by atoms with E-state index in [1.807, 2.05) is 36.4 Å². The molecule has 0 aliphatic carbocycles. The summed E-state index contributed by atoms with van der Waals surface area (Å²) >= 11 is 3.51. The van der Waals surface area contributed by atoms with Gasteiger partial charge in [-0.15, -0.1) is 0 Å². The Kier molecular flexibility index (Phi) is 6.97. The lowest BCUT2D eigenvalue weighted by Crippen LogP contribution is -2.25. The largest absolute Gasteiger partial charge is 0.493 e. The second-order valence-corrected chi connectivity index (χ2v) is 9.12. The number of halogens is 1. The van der Waals surface area contributed by atoms with Crippen LogP contribution in [-0.4, -0.2) is 42.2 Å². The van der Waals surface area contributed by atoms with Crippen molar-refractivity contribution < 1.29 is 23.4 Å². The molecule has 38 heavy (non-hydrogen) atoms. The lowest BCUT2D eigenvalue weighted by Gasteiger charge is -2.16. The Bertz CT molecular complexity index is 1720. The Morgan fingerprint density at radius 1 is 1.08 bits per heavy atom. The average Bonchev–Trinajstić information content (AvgIpc) is 3.37. The Morgan fingerprint density at radius 3 is 2.61 bits per heavy atom. The number of carbonyl (C=O) groups is 1. The molecule has 0 fully saturated rings. The zero-order chi connectivity index (χ0) is 26.8. The first-order valence-corrected chi connectivity index (χ1v) is 12.4. The number of rotatable bonds is 7. The number of hydrogen-bond acceptors (Lipinski definition) is 8. The predicted octanol–water partition coefficient (Wildman–Crippen LogP) is 5.40. The van der Waals surface area contributed by atoms with Crippen LogP contribution in [-0.2, 0) is 9.53 Å². The number of fused-ring (bicyclic) bond motifs is 2. The zero-order valence-corrected chi connectivity index (χ0v) is 22.3. The van der Waals surface area contributed by atoms with Crippen LogP contribution in [0, 0.1) is 0 Å². The predicted molar refractivity (Wildman–Crippen MR) is 147 cm³/mol. The van der Waals surface area contributed by atoms with Gasteiger partial charge in [-0.2, -0.15) is 9.78 Å². The van der Waals surface area contributed by atoms with E-state index < -0.39 is 12.1 Å². The molecule has 0 bridgehead atoms. The first kappa shape index (κ1) is 25.2. The molecule has 0 aliphatic heterocycles. The fourth-order valence-electron chi connectivity index (χ4n) is 3.91. The van der Waals surface area contributed by atoms with E-state index in [4.69, 9.17) is 23.6 Å². The van der Waals surface area contributed by atoms with Gasteiger partial charge in [0.15, 0.2) is 23.4 Å². The van der Waals surface area contributed by atoms with Gasteiger partial charge in [0.25, 0.3) is 5.56 Å². The molecule has 10 heteroatoms. The fourth-order valence-corrected chi connectivity index (χ4v) is 4.33. The van der Waals surface area contributed by atoms with Gasteiger partial charge in [-0.3, -0.25) is 4.79 Å². The molecule has 0 N–H and O–H groups in total. The first-order chi connectivity index (χ1) is 18.4. The maximum Gasteiger partial charge on any atom is 0.346 e. The molecule has 2 heterocycles. The molecule has 0 aliphatic rings. The van der Waals surface area contributed by atoms with Crippen LogP contribution in [0.15, 0.2) is 85.5 Å². The molecule has 2 aromatic heterocycles. The maximum atomic E-state index is 13.5. The minimum absolute atomic E-state index is 0.260. The average molecular weight is 576 g/mol. The van der Waals surface area contributed by atoms with Gasteiger partial charge < -0.3 is 18.6 Å². The summed E-state index contributed by atoms with van der Waals surface area (Å²) in [6, 6.07) is 19.8. The Morgan fingerprint density at radius 2 is 1.84 bits per heavy atom. The van der Waals surface area contributed by atoms with E-state index in [0.29, 0.717) is 43.8 Å². The van der Waals surface area contributed by atoms with E-state index in [2.05, 4.69) is 21.0 Å². The second kappa shape index (κ2) is 10.5. The molecule has 0 saturated heterocycles. The molecule has 1 atom stereocenters. The van der Waals surface area contributed by atoms with Gasteiger partial charge in [-0.05, 0) is 59.3 Å². The third-order valence-electron chi connectivity index (χ3n) is 5.83. The maximum absolute atomic E-state index is 13.5. The first-order valence-electron chi connectivity index (χ1n) is 11.6. The second-order valence-electron chi connectivity index (χ2n) is 8.27. The van der Waals surface area contributed by atoms with E-state index in [9.17, 15) is 9.59 Å². The summed E-state index contributed by atoms with van der Waals surface area (Å²) in [5.74, 6) is 0.850. The molecule has 0 spiro atoms. The molecule has 192 valence electrons. The summed E-state index contributed by atoms with van der Waals surface area (Å²) in [5, 5.41) is 5.79. The lowest BCUT2D eigenvalue weighted by atomic mass is 10.2. The van der Waals surface area contributed by atoms with Gasteiger partial charge in [0.1, 0.15) is 5.58 Å². The third kappa shape index (κ3) is 4.78. The highest BCUT2D eigenvalue weighted by atomic mass is 79.9. The Balaban J connectivity index is 1.61. The van der Waals surface area contributed by atoms with E-state index in [0.717, 1.165) is 5.39 Å². The number of furan rings is 1. The molecule has 0 unspecified atom stereocenters. The van der Waals surface area contributed by atoms with Crippen LogP contribution in [0.5, 0.6) is 11.5 Å². The SMILES string of the molecule is COC(=O)[C@@H](C)Oc1cc(Br)c(C=Nn2c(-c3cc4ccccc4o3)nc3ccccc3c2=O)cc1OC. The fraction of sp³-hybridized carbons (Fsp3) is 0.143. The number of benzene rings is 3. The van der Waals surface area contributed by atoms with Crippen LogP contribution in [0.1, 0.15) is 12.5 Å². The molecule has 0 radical (unpaired) electrons. The van der Waals surface area contributed by atoms with Crippen LogP contribution < -0.4 is 15.0 Å². The molecule has 5 rings (SSSR count). The normalized spacial score (nSPS) is 12.2. The van der Waals surface area contributed by atoms with Crippen molar-refractivity contribution >= 4 is 50.0 Å². The minimum atomic E-state index is -0.839. The monoisotopic (exact) mass is 575 g/mol. The summed E-state index contributed by atoms with van der Waals surface area (Å²) < 4.78 is 23.7. The Hall–Kier alpha value is -4.44. The van der Waals surface area contributed by atoms with Crippen LogP contribution in [0.3, 0.4) is 0 Å². The number of aromatic nitrogens is 2. The number of para-hydroxylation sites is 2. The highest BCUT2D eigenvalue weighted by molar-refractivity contribution is 9.10. The van der Waals surface area contributed by atoms with Gasteiger partial charge in [0.2, 0.25) is 5.82 Å².